The van der Waals surface area contributed by atoms with Crippen LogP contribution in [-0.2, 0) is 9.53 Å². The van der Waals surface area contributed by atoms with Crippen molar-refractivity contribution in [3.05, 3.63) is 24.3 Å². The molecule has 0 heterocycles. The normalized spacial score (nSPS) is 24.8. The van der Waals surface area contributed by atoms with E-state index in [2.05, 4.69) is 5.32 Å². The number of nitrogens with one attached hydrogen (secondary N) is 1. The lowest BCUT2D eigenvalue weighted by Crippen LogP contribution is -2.44. The Labute approximate surface area is 125 Å². The third-order valence-corrected chi connectivity index (χ3v) is 4.22. The van der Waals surface area contributed by atoms with E-state index in [-0.39, 0.29) is 11.9 Å². The van der Waals surface area contributed by atoms with Crippen LogP contribution in [0.25, 0.3) is 0 Å². The quantitative estimate of drug-likeness (QED) is 0.788. The number of rotatable bonds is 6. The van der Waals surface area contributed by atoms with Crippen LogP contribution in [-0.4, -0.2) is 32.3 Å². The van der Waals surface area contributed by atoms with Crippen molar-refractivity contribution in [1.29, 1.82) is 0 Å². The van der Waals surface area contributed by atoms with Gasteiger partial charge >= 0.3 is 0 Å². The van der Waals surface area contributed by atoms with Crippen molar-refractivity contribution in [1.82, 2.24) is 0 Å². The first-order valence-electron chi connectivity index (χ1n) is 7.35. The smallest absolute Gasteiger partial charge is 0.231 e. The van der Waals surface area contributed by atoms with E-state index in [9.17, 15) is 4.79 Å². The summed E-state index contributed by atoms with van der Waals surface area (Å²) in [6, 6.07) is 7.28. The number of hydrogen-bond donors (Lipinski definition) is 2. The number of amides is 1. The highest BCUT2D eigenvalue weighted by atomic mass is 16.5. The Morgan fingerprint density at radius 2 is 2.10 bits per heavy atom. The first kappa shape index (κ1) is 15.8. The fraction of sp³-hybridized carbons (Fsp3) is 0.562. The first-order chi connectivity index (χ1) is 10.1. The molecule has 2 atom stereocenters. The molecule has 1 aromatic carbocycles. The van der Waals surface area contributed by atoms with E-state index in [0.29, 0.717) is 13.2 Å². The molecule has 1 saturated carbocycles. The summed E-state index contributed by atoms with van der Waals surface area (Å²) in [4.78, 5) is 12.4. The molecule has 1 aliphatic rings. The van der Waals surface area contributed by atoms with Crippen LogP contribution in [0.3, 0.4) is 0 Å². The van der Waals surface area contributed by atoms with Gasteiger partial charge in [-0.3, -0.25) is 4.79 Å². The van der Waals surface area contributed by atoms with Crippen molar-refractivity contribution >= 4 is 11.6 Å². The van der Waals surface area contributed by atoms with Crippen molar-refractivity contribution in [3.63, 3.8) is 0 Å². The van der Waals surface area contributed by atoms with Gasteiger partial charge in [-0.1, -0.05) is 6.42 Å². The maximum absolute atomic E-state index is 12.4. The minimum absolute atomic E-state index is 0.000511. The number of hydrogen-bond acceptors (Lipinski definition) is 4. The standard InChI is InChI=1S/C16H24N2O3/c1-16(9-3-4-14(16)17)15(19)18-12-5-7-13(8-6-12)21-11-10-20-2/h5-8,14H,3-4,9-11,17H2,1-2H3,(H,18,19). The van der Waals surface area contributed by atoms with E-state index in [1.54, 1.807) is 7.11 Å². The molecule has 1 amide bonds. The zero-order valence-electron chi connectivity index (χ0n) is 12.7. The van der Waals surface area contributed by atoms with Crippen molar-refractivity contribution in [2.75, 3.05) is 25.6 Å². The summed E-state index contributed by atoms with van der Waals surface area (Å²) >= 11 is 0. The van der Waals surface area contributed by atoms with Gasteiger partial charge in [-0.05, 0) is 44.0 Å². The van der Waals surface area contributed by atoms with Crippen molar-refractivity contribution in [2.24, 2.45) is 11.1 Å². The summed E-state index contributed by atoms with van der Waals surface area (Å²) in [6.45, 7) is 3.01. The largest absolute Gasteiger partial charge is 0.491 e. The predicted octanol–water partition coefficient (Wildman–Crippen LogP) is 2.17. The van der Waals surface area contributed by atoms with E-state index in [1.807, 2.05) is 31.2 Å². The molecule has 2 rings (SSSR count). The van der Waals surface area contributed by atoms with Gasteiger partial charge in [0.1, 0.15) is 12.4 Å². The topological polar surface area (TPSA) is 73.6 Å². The molecule has 0 aliphatic heterocycles. The van der Waals surface area contributed by atoms with Crippen LogP contribution < -0.4 is 15.8 Å². The van der Waals surface area contributed by atoms with Crippen LogP contribution in [0.2, 0.25) is 0 Å². The number of methoxy groups -OCH3 is 1. The van der Waals surface area contributed by atoms with Gasteiger partial charge in [0.15, 0.2) is 0 Å². The first-order valence-corrected chi connectivity index (χ1v) is 7.35. The van der Waals surface area contributed by atoms with Gasteiger partial charge in [0.2, 0.25) is 5.91 Å². The maximum Gasteiger partial charge on any atom is 0.231 e. The Hall–Kier alpha value is -1.59. The Morgan fingerprint density at radius 1 is 1.38 bits per heavy atom. The number of nitrogens with two attached hydrogens (primary N) is 1. The van der Waals surface area contributed by atoms with Crippen LogP contribution in [0.15, 0.2) is 24.3 Å². The van der Waals surface area contributed by atoms with Gasteiger partial charge < -0.3 is 20.5 Å². The molecule has 0 bridgehead atoms. The van der Waals surface area contributed by atoms with Crippen molar-refractivity contribution < 1.29 is 14.3 Å². The minimum Gasteiger partial charge on any atom is -0.491 e. The highest BCUT2D eigenvalue weighted by molar-refractivity contribution is 5.95. The third kappa shape index (κ3) is 3.74. The molecule has 0 radical (unpaired) electrons. The monoisotopic (exact) mass is 292 g/mol. The molecule has 1 aliphatic carbocycles. The summed E-state index contributed by atoms with van der Waals surface area (Å²) in [6.07, 6.45) is 2.77. The molecule has 3 N–H and O–H groups in total. The van der Waals surface area contributed by atoms with Crippen LogP contribution in [0.4, 0.5) is 5.69 Å². The number of carbonyl (C=O) groups is 1. The van der Waals surface area contributed by atoms with E-state index in [1.165, 1.54) is 0 Å². The Morgan fingerprint density at radius 3 is 2.67 bits per heavy atom. The molecular weight excluding hydrogens is 268 g/mol. The Kier molecular flexibility index (Phi) is 5.20. The Bertz CT molecular complexity index is 475. The van der Waals surface area contributed by atoms with Crippen molar-refractivity contribution in [2.45, 2.75) is 32.2 Å². The van der Waals surface area contributed by atoms with Crippen LogP contribution in [0.1, 0.15) is 26.2 Å². The van der Waals surface area contributed by atoms with Gasteiger partial charge in [-0.25, -0.2) is 0 Å². The predicted molar refractivity (Wildman–Crippen MR) is 82.4 cm³/mol. The highest BCUT2D eigenvalue weighted by Crippen LogP contribution is 2.37. The fourth-order valence-electron chi connectivity index (χ4n) is 2.63. The fourth-order valence-corrected chi connectivity index (χ4v) is 2.63. The maximum atomic E-state index is 12.4. The second-order valence-corrected chi connectivity index (χ2v) is 5.74. The summed E-state index contributed by atoms with van der Waals surface area (Å²) in [5.41, 5.74) is 6.37. The number of anilines is 1. The highest BCUT2D eigenvalue weighted by Gasteiger charge is 2.42. The van der Waals surface area contributed by atoms with Crippen molar-refractivity contribution in [3.8, 4) is 5.75 Å². The van der Waals surface area contributed by atoms with Gasteiger partial charge in [-0.15, -0.1) is 0 Å². The van der Waals surface area contributed by atoms with Crippen LogP contribution >= 0.6 is 0 Å². The van der Waals surface area contributed by atoms with Gasteiger partial charge in [0.05, 0.1) is 12.0 Å². The second-order valence-electron chi connectivity index (χ2n) is 5.74. The van der Waals surface area contributed by atoms with Gasteiger partial charge in [0.25, 0.3) is 0 Å². The molecule has 1 fully saturated rings. The molecule has 116 valence electrons. The van der Waals surface area contributed by atoms with Gasteiger partial charge in [-0.2, -0.15) is 0 Å². The lowest BCUT2D eigenvalue weighted by Gasteiger charge is -2.27. The lowest BCUT2D eigenvalue weighted by atomic mass is 9.84. The van der Waals surface area contributed by atoms with Crippen LogP contribution in [0, 0.1) is 5.41 Å². The second kappa shape index (κ2) is 6.91. The zero-order chi connectivity index (χ0) is 15.3. The van der Waals surface area contributed by atoms with E-state index in [4.69, 9.17) is 15.2 Å². The SMILES string of the molecule is COCCOc1ccc(NC(=O)C2(C)CCCC2N)cc1. The molecule has 2 unspecified atom stereocenters. The zero-order valence-corrected chi connectivity index (χ0v) is 12.7. The number of carbonyl (C=O) groups excluding carboxylic acids is 1. The summed E-state index contributed by atoms with van der Waals surface area (Å²) in [7, 11) is 1.64. The molecule has 0 spiro atoms. The average Bonchev–Trinajstić information content (AvgIpc) is 2.82. The third-order valence-electron chi connectivity index (χ3n) is 4.22. The lowest BCUT2D eigenvalue weighted by molar-refractivity contribution is -0.125. The Balaban J connectivity index is 1.92. The summed E-state index contributed by atoms with van der Waals surface area (Å²) < 4.78 is 10.4. The van der Waals surface area contributed by atoms with E-state index in [0.717, 1.165) is 30.7 Å². The number of benzene rings is 1. The molecule has 5 nitrogen and oxygen atoms in total. The minimum atomic E-state index is -0.465. The molecule has 1 aromatic rings. The van der Waals surface area contributed by atoms with Gasteiger partial charge in [0, 0.05) is 18.8 Å². The van der Waals surface area contributed by atoms with E-state index >= 15 is 0 Å². The summed E-state index contributed by atoms with van der Waals surface area (Å²) in [5.74, 6) is 0.759. The molecule has 5 heteroatoms. The summed E-state index contributed by atoms with van der Waals surface area (Å²) in [5, 5.41) is 2.95. The number of ether oxygens (including phenoxy) is 2. The average molecular weight is 292 g/mol. The molecule has 0 aromatic heterocycles. The van der Waals surface area contributed by atoms with Crippen LogP contribution in [0.5, 0.6) is 5.75 Å². The molecular formula is C16H24N2O3. The molecule has 21 heavy (non-hydrogen) atoms. The molecule has 0 saturated heterocycles. The van der Waals surface area contributed by atoms with E-state index < -0.39 is 5.41 Å².